The van der Waals surface area contributed by atoms with E-state index in [1.807, 2.05) is 11.8 Å². The largest absolute Gasteiger partial charge is 0.477 e. The van der Waals surface area contributed by atoms with E-state index in [1.165, 1.54) is 12.7 Å². The molecule has 1 fully saturated rings. The van der Waals surface area contributed by atoms with Gasteiger partial charge in [-0.1, -0.05) is 0 Å². The maximum Gasteiger partial charge on any atom is 0.354 e. The van der Waals surface area contributed by atoms with Crippen LogP contribution < -0.4 is 5.32 Å². The second kappa shape index (κ2) is 5.22. The molecule has 1 aliphatic rings. The Bertz CT molecular complexity index is 426. The van der Waals surface area contributed by atoms with Gasteiger partial charge in [0.1, 0.15) is 0 Å². The van der Waals surface area contributed by atoms with Gasteiger partial charge >= 0.3 is 5.97 Å². The summed E-state index contributed by atoms with van der Waals surface area (Å²) in [5, 5.41) is 12.0. The molecule has 0 radical (unpaired) electrons. The van der Waals surface area contributed by atoms with Crippen molar-refractivity contribution in [1.29, 1.82) is 0 Å². The van der Waals surface area contributed by atoms with Crippen molar-refractivity contribution in [2.75, 3.05) is 12.3 Å². The molecular weight excluding hydrogens is 242 g/mol. The first-order valence-electron chi connectivity index (χ1n) is 5.35. The second-order valence-electron chi connectivity index (χ2n) is 3.78. The van der Waals surface area contributed by atoms with Crippen molar-refractivity contribution in [3.05, 3.63) is 17.7 Å². The average molecular weight is 255 g/mol. The first-order valence-corrected chi connectivity index (χ1v) is 6.40. The van der Waals surface area contributed by atoms with Gasteiger partial charge in [0.05, 0.1) is 6.33 Å². The molecule has 6 nitrogen and oxygen atoms in total. The van der Waals surface area contributed by atoms with E-state index in [2.05, 4.69) is 15.3 Å². The van der Waals surface area contributed by atoms with Crippen LogP contribution in [0.4, 0.5) is 0 Å². The molecule has 0 aliphatic carbocycles. The Morgan fingerprint density at radius 3 is 3.12 bits per heavy atom. The number of carbonyl (C=O) groups is 2. The van der Waals surface area contributed by atoms with Crippen molar-refractivity contribution in [2.45, 2.75) is 18.1 Å². The lowest BCUT2D eigenvalue weighted by atomic mass is 10.2. The zero-order valence-corrected chi connectivity index (χ0v) is 9.92. The predicted octanol–water partition coefficient (Wildman–Crippen LogP) is 0.733. The van der Waals surface area contributed by atoms with Gasteiger partial charge in [-0.15, -0.1) is 0 Å². The van der Waals surface area contributed by atoms with Crippen LogP contribution in [0.25, 0.3) is 0 Å². The Balaban J connectivity index is 1.94. The minimum Gasteiger partial charge on any atom is -0.477 e. The van der Waals surface area contributed by atoms with Gasteiger partial charge in [0.15, 0.2) is 11.4 Å². The van der Waals surface area contributed by atoms with Crippen LogP contribution in [-0.2, 0) is 0 Å². The Labute approximate surface area is 102 Å². The molecule has 2 heterocycles. The Hall–Kier alpha value is -1.50. The summed E-state index contributed by atoms with van der Waals surface area (Å²) in [5.74, 6) is -0.484. The highest BCUT2D eigenvalue weighted by atomic mass is 32.2. The molecule has 17 heavy (non-hydrogen) atoms. The third-order valence-electron chi connectivity index (χ3n) is 2.58. The van der Waals surface area contributed by atoms with E-state index in [4.69, 9.17) is 5.11 Å². The number of amides is 1. The van der Waals surface area contributed by atoms with Gasteiger partial charge in [-0.2, -0.15) is 11.8 Å². The number of thioether (sulfide) groups is 1. The van der Waals surface area contributed by atoms with Crippen LogP contribution in [0.5, 0.6) is 0 Å². The van der Waals surface area contributed by atoms with E-state index in [-0.39, 0.29) is 11.4 Å². The van der Waals surface area contributed by atoms with E-state index in [0.29, 0.717) is 11.8 Å². The van der Waals surface area contributed by atoms with Crippen LogP contribution in [0, 0.1) is 0 Å². The zero-order valence-electron chi connectivity index (χ0n) is 9.10. The SMILES string of the molecule is O=C(NCC1CCCS1)c1nc[nH]c1C(=O)O. The quantitative estimate of drug-likeness (QED) is 0.737. The lowest BCUT2D eigenvalue weighted by Crippen LogP contribution is -2.31. The van der Waals surface area contributed by atoms with Crippen molar-refractivity contribution < 1.29 is 14.7 Å². The monoisotopic (exact) mass is 255 g/mol. The Morgan fingerprint density at radius 1 is 1.65 bits per heavy atom. The molecule has 1 aromatic rings. The normalized spacial score (nSPS) is 19.2. The summed E-state index contributed by atoms with van der Waals surface area (Å²) in [6, 6.07) is 0. The summed E-state index contributed by atoms with van der Waals surface area (Å²) in [6.45, 7) is 0.565. The molecular formula is C10H13N3O3S. The second-order valence-corrected chi connectivity index (χ2v) is 5.18. The number of carbonyl (C=O) groups excluding carboxylic acids is 1. The van der Waals surface area contributed by atoms with Gasteiger partial charge in [-0.05, 0) is 18.6 Å². The summed E-state index contributed by atoms with van der Waals surface area (Å²) < 4.78 is 0. The highest BCUT2D eigenvalue weighted by molar-refractivity contribution is 8.00. The Kier molecular flexibility index (Phi) is 3.68. The first-order chi connectivity index (χ1) is 8.18. The molecule has 1 atom stereocenters. The summed E-state index contributed by atoms with van der Waals surface area (Å²) in [4.78, 5) is 28.7. The van der Waals surface area contributed by atoms with Crippen molar-refractivity contribution in [3.63, 3.8) is 0 Å². The highest BCUT2D eigenvalue weighted by Gasteiger charge is 2.21. The smallest absolute Gasteiger partial charge is 0.354 e. The maximum atomic E-state index is 11.7. The molecule has 2 rings (SSSR count). The van der Waals surface area contributed by atoms with Crippen LogP contribution in [-0.4, -0.2) is 44.5 Å². The van der Waals surface area contributed by atoms with Crippen molar-refractivity contribution >= 4 is 23.6 Å². The van der Waals surface area contributed by atoms with Crippen LogP contribution in [0.3, 0.4) is 0 Å². The van der Waals surface area contributed by atoms with Gasteiger partial charge in [-0.25, -0.2) is 9.78 Å². The number of nitrogens with one attached hydrogen (secondary N) is 2. The third kappa shape index (κ3) is 2.79. The molecule has 92 valence electrons. The highest BCUT2D eigenvalue weighted by Crippen LogP contribution is 2.25. The van der Waals surface area contributed by atoms with E-state index < -0.39 is 11.9 Å². The molecule has 1 amide bonds. The molecule has 1 unspecified atom stereocenters. The number of hydrogen-bond donors (Lipinski definition) is 3. The molecule has 0 spiro atoms. The van der Waals surface area contributed by atoms with E-state index in [1.54, 1.807) is 0 Å². The molecule has 0 aromatic carbocycles. The van der Waals surface area contributed by atoms with Gasteiger partial charge in [0.2, 0.25) is 0 Å². The summed E-state index contributed by atoms with van der Waals surface area (Å²) in [7, 11) is 0. The van der Waals surface area contributed by atoms with Gasteiger partial charge in [0, 0.05) is 11.8 Å². The lowest BCUT2D eigenvalue weighted by Gasteiger charge is -2.09. The van der Waals surface area contributed by atoms with Gasteiger partial charge in [0.25, 0.3) is 5.91 Å². The van der Waals surface area contributed by atoms with Crippen LogP contribution in [0.15, 0.2) is 6.33 Å². The number of imidazole rings is 1. The van der Waals surface area contributed by atoms with Gasteiger partial charge < -0.3 is 15.4 Å². The van der Waals surface area contributed by atoms with Crippen molar-refractivity contribution in [2.24, 2.45) is 0 Å². The van der Waals surface area contributed by atoms with E-state index in [0.717, 1.165) is 12.2 Å². The average Bonchev–Trinajstić information content (AvgIpc) is 2.96. The molecule has 1 aromatic heterocycles. The van der Waals surface area contributed by atoms with Crippen molar-refractivity contribution in [3.8, 4) is 0 Å². The number of aromatic amines is 1. The molecule has 7 heteroatoms. The third-order valence-corrected chi connectivity index (χ3v) is 3.98. The summed E-state index contributed by atoms with van der Waals surface area (Å²) in [5.41, 5.74) is -0.220. The topological polar surface area (TPSA) is 95.1 Å². The summed E-state index contributed by atoms with van der Waals surface area (Å²) >= 11 is 1.83. The minimum atomic E-state index is -1.18. The molecule has 0 saturated carbocycles. The molecule has 1 saturated heterocycles. The summed E-state index contributed by atoms with van der Waals surface area (Å²) in [6.07, 6.45) is 3.48. The van der Waals surface area contributed by atoms with E-state index in [9.17, 15) is 9.59 Å². The number of rotatable bonds is 4. The fourth-order valence-electron chi connectivity index (χ4n) is 1.73. The van der Waals surface area contributed by atoms with E-state index >= 15 is 0 Å². The number of aromatic carboxylic acids is 1. The predicted molar refractivity (Wildman–Crippen MR) is 63.4 cm³/mol. The van der Waals surface area contributed by atoms with Crippen molar-refractivity contribution in [1.82, 2.24) is 15.3 Å². The first kappa shape index (κ1) is 12.0. The molecule has 1 aliphatic heterocycles. The number of nitrogens with zero attached hydrogens (tertiary/aromatic N) is 1. The number of H-pyrrole nitrogens is 1. The fourth-order valence-corrected chi connectivity index (χ4v) is 2.93. The lowest BCUT2D eigenvalue weighted by molar-refractivity contribution is 0.0685. The van der Waals surface area contributed by atoms with Crippen LogP contribution in [0.2, 0.25) is 0 Å². The van der Waals surface area contributed by atoms with Crippen LogP contribution >= 0.6 is 11.8 Å². The minimum absolute atomic E-state index is 0.0551. The number of hydrogen-bond acceptors (Lipinski definition) is 4. The standard InChI is InChI=1S/C10H13N3O3S/c14-9(11-4-6-2-1-3-17-6)7-8(10(15)16)13-5-12-7/h5-6H,1-4H2,(H,11,14)(H,12,13)(H,15,16). The zero-order chi connectivity index (χ0) is 12.3. The number of carboxylic acids is 1. The fraction of sp³-hybridized carbons (Fsp3) is 0.500. The van der Waals surface area contributed by atoms with Crippen LogP contribution in [0.1, 0.15) is 33.8 Å². The Morgan fingerprint density at radius 2 is 2.47 bits per heavy atom. The molecule has 3 N–H and O–H groups in total. The molecule has 0 bridgehead atoms. The number of aromatic nitrogens is 2. The van der Waals surface area contributed by atoms with Gasteiger partial charge in [-0.3, -0.25) is 4.79 Å². The maximum absolute atomic E-state index is 11.7. The number of carboxylic acid groups (broad SMARTS) is 1.